The number of fused-ring (bicyclic) bond motifs is 1. The molecule has 2 atom stereocenters. The van der Waals surface area contributed by atoms with Crippen LogP contribution in [0.15, 0.2) is 41.3 Å². The number of likely N-dealkylation sites (tertiary alicyclic amines) is 1. The highest BCUT2D eigenvalue weighted by Gasteiger charge is 2.24. The summed E-state index contributed by atoms with van der Waals surface area (Å²) < 4.78 is 33.9. The van der Waals surface area contributed by atoms with Gasteiger partial charge in [-0.1, -0.05) is 30.7 Å². The molecular formula is C21H30N2O3S. The Morgan fingerprint density at radius 1 is 1.07 bits per heavy atom. The number of hydrogen-bond donors (Lipinski definition) is 1. The highest BCUT2D eigenvalue weighted by atomic mass is 32.2. The lowest BCUT2D eigenvalue weighted by Gasteiger charge is -2.39. The summed E-state index contributed by atoms with van der Waals surface area (Å²) >= 11 is 0. The van der Waals surface area contributed by atoms with E-state index in [4.69, 9.17) is 4.74 Å². The van der Waals surface area contributed by atoms with Gasteiger partial charge in [-0.2, -0.15) is 0 Å². The predicted molar refractivity (Wildman–Crippen MR) is 110 cm³/mol. The van der Waals surface area contributed by atoms with Crippen LogP contribution in [0.25, 0.3) is 10.8 Å². The molecule has 2 aromatic rings. The molecule has 27 heavy (non-hydrogen) atoms. The van der Waals surface area contributed by atoms with Crippen LogP contribution in [0.5, 0.6) is 5.75 Å². The van der Waals surface area contributed by atoms with Gasteiger partial charge < -0.3 is 4.74 Å². The molecule has 0 radical (unpaired) electrons. The van der Waals surface area contributed by atoms with Crippen LogP contribution in [0.4, 0.5) is 0 Å². The molecule has 1 heterocycles. The van der Waals surface area contributed by atoms with Crippen molar-refractivity contribution >= 4 is 20.8 Å². The second-order valence-corrected chi connectivity index (χ2v) is 9.17. The van der Waals surface area contributed by atoms with Crippen molar-refractivity contribution in [1.29, 1.82) is 0 Å². The number of ether oxygens (including phenoxy) is 1. The van der Waals surface area contributed by atoms with Crippen LogP contribution in [0, 0.1) is 0 Å². The summed E-state index contributed by atoms with van der Waals surface area (Å²) in [5.74, 6) is 0.678. The Morgan fingerprint density at radius 2 is 1.74 bits per heavy atom. The number of hydrogen-bond acceptors (Lipinski definition) is 4. The molecule has 2 unspecified atom stereocenters. The normalized spacial score (nSPS) is 21.4. The van der Waals surface area contributed by atoms with E-state index in [1.54, 1.807) is 19.2 Å². The van der Waals surface area contributed by atoms with Crippen LogP contribution in [0.3, 0.4) is 0 Å². The van der Waals surface area contributed by atoms with Gasteiger partial charge in [-0.3, -0.25) is 4.90 Å². The number of sulfonamides is 1. The largest absolute Gasteiger partial charge is 0.496 e. The molecule has 0 spiro atoms. The zero-order chi connectivity index (χ0) is 19.4. The molecule has 1 N–H and O–H groups in total. The van der Waals surface area contributed by atoms with Gasteiger partial charge in [0.2, 0.25) is 10.0 Å². The van der Waals surface area contributed by atoms with E-state index in [0.717, 1.165) is 18.4 Å². The lowest BCUT2D eigenvalue weighted by atomic mass is 9.97. The molecule has 0 aromatic heterocycles. The van der Waals surface area contributed by atoms with Gasteiger partial charge in [-0.05, 0) is 51.8 Å². The van der Waals surface area contributed by atoms with E-state index in [1.165, 1.54) is 19.3 Å². The molecule has 5 nitrogen and oxygen atoms in total. The van der Waals surface area contributed by atoms with Crippen molar-refractivity contribution < 1.29 is 13.2 Å². The van der Waals surface area contributed by atoms with E-state index in [2.05, 4.69) is 23.5 Å². The third kappa shape index (κ3) is 4.45. The summed E-state index contributed by atoms with van der Waals surface area (Å²) in [6.07, 6.45) is 4.56. The minimum Gasteiger partial charge on any atom is -0.496 e. The van der Waals surface area contributed by atoms with Gasteiger partial charge in [0.15, 0.2) is 0 Å². The Balaban J connectivity index is 1.68. The van der Waals surface area contributed by atoms with E-state index >= 15 is 0 Å². The Hall–Kier alpha value is -1.63. The van der Waals surface area contributed by atoms with Crippen LogP contribution in [-0.2, 0) is 10.0 Å². The van der Waals surface area contributed by atoms with Crippen LogP contribution < -0.4 is 9.46 Å². The first kappa shape index (κ1) is 20.1. The fraction of sp³-hybridized carbons (Fsp3) is 0.524. The van der Waals surface area contributed by atoms with Crippen molar-refractivity contribution in [3.63, 3.8) is 0 Å². The summed E-state index contributed by atoms with van der Waals surface area (Å²) in [6.45, 7) is 5.90. The zero-order valence-corrected chi connectivity index (χ0v) is 17.3. The molecule has 6 heteroatoms. The third-order valence-electron chi connectivity index (χ3n) is 5.61. The molecule has 0 aliphatic carbocycles. The van der Waals surface area contributed by atoms with Crippen LogP contribution in [-0.4, -0.2) is 45.6 Å². The average Bonchev–Trinajstić information content (AvgIpc) is 2.66. The Bertz CT molecular complexity index is 872. The smallest absolute Gasteiger partial charge is 0.241 e. The molecule has 1 aliphatic heterocycles. The van der Waals surface area contributed by atoms with Gasteiger partial charge in [0, 0.05) is 29.4 Å². The number of piperidine rings is 1. The van der Waals surface area contributed by atoms with Gasteiger partial charge in [0.05, 0.1) is 12.0 Å². The highest BCUT2D eigenvalue weighted by molar-refractivity contribution is 7.89. The molecular weight excluding hydrogens is 360 g/mol. The van der Waals surface area contributed by atoms with Gasteiger partial charge in [0.1, 0.15) is 5.75 Å². The minimum atomic E-state index is -3.57. The Kier molecular flexibility index (Phi) is 6.40. The van der Waals surface area contributed by atoms with Gasteiger partial charge in [-0.25, -0.2) is 13.1 Å². The van der Waals surface area contributed by atoms with Crippen LogP contribution in [0.2, 0.25) is 0 Å². The Labute approximate surface area is 162 Å². The second-order valence-electron chi connectivity index (χ2n) is 7.43. The van der Waals surface area contributed by atoms with E-state index in [-0.39, 0.29) is 0 Å². The molecule has 0 bridgehead atoms. The molecule has 1 fully saturated rings. The van der Waals surface area contributed by atoms with Gasteiger partial charge in [-0.15, -0.1) is 0 Å². The average molecular weight is 391 g/mol. The fourth-order valence-electron chi connectivity index (χ4n) is 4.13. The van der Waals surface area contributed by atoms with Crippen LogP contribution >= 0.6 is 0 Å². The lowest BCUT2D eigenvalue weighted by molar-refractivity contribution is 0.103. The first-order valence-electron chi connectivity index (χ1n) is 9.75. The molecule has 3 rings (SSSR count). The summed E-state index contributed by atoms with van der Waals surface area (Å²) in [5.41, 5.74) is 0. The maximum absolute atomic E-state index is 12.9. The van der Waals surface area contributed by atoms with E-state index in [1.807, 2.05) is 24.3 Å². The highest BCUT2D eigenvalue weighted by Crippen LogP contribution is 2.30. The zero-order valence-electron chi connectivity index (χ0n) is 16.4. The maximum Gasteiger partial charge on any atom is 0.241 e. The minimum absolute atomic E-state index is 0.304. The van der Waals surface area contributed by atoms with E-state index < -0.39 is 10.0 Å². The topological polar surface area (TPSA) is 58.6 Å². The number of nitrogens with one attached hydrogen (secondary N) is 1. The molecule has 148 valence electrons. The van der Waals surface area contributed by atoms with Crippen molar-refractivity contribution in [3.8, 4) is 5.75 Å². The van der Waals surface area contributed by atoms with Crippen LogP contribution in [0.1, 0.15) is 39.5 Å². The molecule has 0 amide bonds. The Morgan fingerprint density at radius 3 is 2.44 bits per heavy atom. The summed E-state index contributed by atoms with van der Waals surface area (Å²) in [5, 5.41) is 1.49. The second kappa shape index (κ2) is 8.59. The maximum atomic E-state index is 12.9. The molecule has 2 aromatic carbocycles. The number of methoxy groups -OCH3 is 1. The SMILES string of the molecule is COc1cccc2c(S(=O)(=O)NCCCN3C(C)CCCC3C)cccc12. The predicted octanol–water partition coefficient (Wildman–Crippen LogP) is 3.78. The standard InChI is InChI=1S/C21H30N2O3S/c1-16-8-4-9-17(2)23(16)15-7-14-22-27(24,25)21-13-6-10-18-19(21)11-5-12-20(18)26-3/h5-6,10-13,16-17,22H,4,7-9,14-15H2,1-3H3. The van der Waals surface area contributed by atoms with E-state index in [9.17, 15) is 8.42 Å². The van der Waals surface area contributed by atoms with Crippen molar-refractivity contribution in [3.05, 3.63) is 36.4 Å². The molecule has 1 aliphatic rings. The summed E-state index contributed by atoms with van der Waals surface area (Å²) in [7, 11) is -1.97. The molecule has 1 saturated heterocycles. The first-order chi connectivity index (χ1) is 12.9. The summed E-state index contributed by atoms with van der Waals surface area (Å²) in [6, 6.07) is 11.9. The first-order valence-corrected chi connectivity index (χ1v) is 11.2. The number of benzene rings is 2. The summed E-state index contributed by atoms with van der Waals surface area (Å²) in [4.78, 5) is 2.80. The molecule has 0 saturated carbocycles. The van der Waals surface area contributed by atoms with Crippen molar-refractivity contribution in [2.75, 3.05) is 20.2 Å². The van der Waals surface area contributed by atoms with Gasteiger partial charge >= 0.3 is 0 Å². The fourth-order valence-corrected chi connectivity index (χ4v) is 5.42. The van der Waals surface area contributed by atoms with Crippen molar-refractivity contribution in [1.82, 2.24) is 9.62 Å². The number of rotatable bonds is 7. The lowest BCUT2D eigenvalue weighted by Crippen LogP contribution is -2.44. The monoisotopic (exact) mass is 390 g/mol. The number of nitrogens with zero attached hydrogens (tertiary/aromatic N) is 1. The third-order valence-corrected chi connectivity index (χ3v) is 7.13. The van der Waals surface area contributed by atoms with Crippen molar-refractivity contribution in [2.45, 2.75) is 56.5 Å². The van der Waals surface area contributed by atoms with Crippen molar-refractivity contribution in [2.24, 2.45) is 0 Å². The van der Waals surface area contributed by atoms with E-state index in [0.29, 0.717) is 34.7 Å². The van der Waals surface area contributed by atoms with Gasteiger partial charge in [0.25, 0.3) is 0 Å². The quantitative estimate of drug-likeness (QED) is 0.731.